The molecule has 0 aliphatic carbocycles. The first-order valence-electron chi connectivity index (χ1n) is 41.7. The largest absolute Gasteiger partial charge is 0.335 e. The fourth-order valence-electron chi connectivity index (χ4n) is 19.6. The van der Waals surface area contributed by atoms with Crippen molar-refractivity contribution in [2.75, 3.05) is 68.7 Å². The zero-order valence-electron chi connectivity index (χ0n) is 67.1. The molecule has 6 aromatic heterocycles. The number of hydrogen-bond acceptors (Lipinski definition) is 14. The van der Waals surface area contributed by atoms with E-state index in [-0.39, 0.29) is 5.82 Å². The van der Waals surface area contributed by atoms with Crippen molar-refractivity contribution in [3.63, 3.8) is 0 Å². The Hall–Kier alpha value is -11.0. The SMILES string of the molecule is Cc1ccncc1-c1cc2c3c(c1)CCN3C(=S)CC2.Fc1ccncc1-c1cc2c3c(c1)CCN3C(=S)CC2.N#Cc1ccncc1-c1cc2c3c(c1)CCN3C(=S)CC2.N#Cc1cncc(-c2cc3c4c(c2)CCN4C(=S)CC3)c1.S=C1CCc2cc(-c3cncc(Cl)c3)cc3c2N1CC3.S=C1CCc2cc(-c3cnccc3Cl)cc3c2N1CC3. The zero-order chi connectivity index (χ0) is 83.6. The van der Waals surface area contributed by atoms with Crippen LogP contribution in [0.25, 0.3) is 66.8 Å². The van der Waals surface area contributed by atoms with Gasteiger partial charge in [0.1, 0.15) is 11.9 Å². The van der Waals surface area contributed by atoms with Gasteiger partial charge >= 0.3 is 0 Å². The van der Waals surface area contributed by atoms with Gasteiger partial charge in [-0.1, -0.05) is 96.5 Å². The predicted octanol–water partition coefficient (Wildman–Crippen LogP) is 21.8. The monoisotopic (exact) mass is 1750 g/mol. The summed E-state index contributed by atoms with van der Waals surface area (Å²) in [6.45, 7) is 8.20. The molecule has 0 bridgehead atoms. The number of nitriles is 2. The van der Waals surface area contributed by atoms with Gasteiger partial charge in [-0.2, -0.15) is 10.5 Å². The number of halogens is 3. The number of rotatable bonds is 6. The molecule has 12 aromatic rings. The molecule has 0 unspecified atom stereocenters. The van der Waals surface area contributed by atoms with E-state index in [0.29, 0.717) is 21.7 Å². The van der Waals surface area contributed by atoms with Crippen LogP contribution in [0.2, 0.25) is 10.0 Å². The lowest BCUT2D eigenvalue weighted by molar-refractivity contribution is 0.629. The lowest BCUT2D eigenvalue weighted by Crippen LogP contribution is -2.31. The van der Waals surface area contributed by atoms with Crippen molar-refractivity contribution in [2.24, 2.45) is 0 Å². The maximum Gasteiger partial charge on any atom is 0.134 e. The molecule has 0 radical (unpaired) electrons. The molecule has 122 heavy (non-hydrogen) atoms. The van der Waals surface area contributed by atoms with Crippen molar-refractivity contribution in [2.45, 2.75) is 122 Å². The first kappa shape index (κ1) is 80.8. The molecule has 604 valence electrons. The van der Waals surface area contributed by atoms with Gasteiger partial charge in [0.2, 0.25) is 0 Å². The van der Waals surface area contributed by atoms with Crippen molar-refractivity contribution in [1.82, 2.24) is 29.9 Å². The summed E-state index contributed by atoms with van der Waals surface area (Å²) >= 11 is 45.2. The molecule has 23 heteroatoms. The van der Waals surface area contributed by atoms with Crippen LogP contribution in [-0.4, -0.2) is 99.1 Å². The summed E-state index contributed by atoms with van der Waals surface area (Å²) in [4.78, 5) is 45.3. The fraction of sp³-hybridized carbons (Fsp3) is 0.253. The van der Waals surface area contributed by atoms with E-state index >= 15 is 0 Å². The first-order valence-corrected chi connectivity index (χ1v) is 44.9. The summed E-state index contributed by atoms with van der Waals surface area (Å²) in [6, 6.07) is 42.1. The molecule has 0 fully saturated rings. The number of nitrogens with zero attached hydrogens (tertiary/aromatic N) is 14. The van der Waals surface area contributed by atoms with E-state index in [1.807, 2.05) is 49.2 Å². The highest BCUT2D eigenvalue weighted by Crippen LogP contribution is 2.48. The van der Waals surface area contributed by atoms with Gasteiger partial charge in [0.15, 0.2) is 0 Å². The Morgan fingerprint density at radius 1 is 0.295 bits per heavy atom. The second-order valence-electron chi connectivity index (χ2n) is 32.5. The topological polar surface area (TPSA) is 144 Å². The van der Waals surface area contributed by atoms with Crippen LogP contribution in [0.3, 0.4) is 0 Å². The van der Waals surface area contributed by atoms with E-state index in [9.17, 15) is 9.65 Å². The zero-order valence-corrected chi connectivity index (χ0v) is 73.5. The van der Waals surface area contributed by atoms with Gasteiger partial charge in [-0.05, 0) is 299 Å². The first-order chi connectivity index (χ1) is 59.5. The number of aromatic nitrogens is 6. The van der Waals surface area contributed by atoms with Crippen LogP contribution >= 0.6 is 96.5 Å². The molecule has 24 rings (SSSR count). The van der Waals surface area contributed by atoms with Crippen molar-refractivity contribution in [3.8, 4) is 78.9 Å². The lowest BCUT2D eigenvalue weighted by Gasteiger charge is -2.28. The van der Waals surface area contributed by atoms with Gasteiger partial charge in [0.25, 0.3) is 0 Å². The minimum absolute atomic E-state index is 0.215. The second kappa shape index (κ2) is 34.4. The number of thiocarbonyl (C=S) groups is 6. The van der Waals surface area contributed by atoms with Gasteiger partial charge in [-0.3, -0.25) is 29.9 Å². The number of aryl methyl sites for hydroxylation is 7. The highest BCUT2D eigenvalue weighted by atomic mass is 35.5. The quantitative estimate of drug-likeness (QED) is 0.145. The Morgan fingerprint density at radius 3 is 0.959 bits per heavy atom. The average molecular weight is 1750 g/mol. The normalized spacial score (nSPS) is 16.2. The maximum absolute atomic E-state index is 13.9. The molecule has 0 saturated heterocycles. The van der Waals surface area contributed by atoms with Crippen LogP contribution in [0.1, 0.15) is 122 Å². The molecule has 0 saturated carbocycles. The highest BCUT2D eigenvalue weighted by molar-refractivity contribution is 7.81. The van der Waals surface area contributed by atoms with Crippen molar-refractivity contribution >= 4 is 161 Å². The van der Waals surface area contributed by atoms with E-state index in [0.717, 1.165) is 229 Å². The molecular formula is C99H81Cl2FN14S6. The molecule has 18 heterocycles. The standard InChI is InChI=1S/2C17H13N3S.C17H16N2S.2C16H13ClN2S.C16H13FN2S/c18-9-13-3-5-19-10-15(13)14-7-11-1-2-16(21)20-6-4-12(8-14)17(11)20;18-8-11-5-15(10-19-9-11)14-6-12-1-2-16(21)20-4-3-13(7-14)17(12)20;1-11-4-6-18-10-15(11)14-8-12-2-3-16(20)19-7-5-13(9-14)17(12)19;17-14-3-5-18-9-13(14)12-7-10-1-2-15(20)19-6-4-11(8-12)16(10)19;17-14-7-13(8-18-9-14)12-5-10-1-2-15(20)19-4-3-11(6-12)16(10)19;17-14-3-5-18-9-13(14)12-7-10-1-2-15(20)19-6-4-11(8-12)16(10)19/h3,5,7-8,10H,1-2,4,6H2;5-7,9-10H,1-4H2;4,6,8-10H,2-3,5,7H2,1H3;3,5,7-9H,1-2,4,6H2;5-9H,1-4H2;3,5,7-9H,1-2,4,6H2. The third-order valence-electron chi connectivity index (χ3n) is 25.3. The maximum atomic E-state index is 13.9. The number of pyridine rings is 6. The summed E-state index contributed by atoms with van der Waals surface area (Å²) < 4.78 is 13.9. The highest BCUT2D eigenvalue weighted by Gasteiger charge is 2.37. The number of anilines is 6. The number of benzene rings is 6. The molecule has 0 atom stereocenters. The minimum atomic E-state index is -0.215. The van der Waals surface area contributed by atoms with E-state index in [4.69, 9.17) is 102 Å². The third kappa shape index (κ3) is 15.7. The fourth-order valence-corrected chi connectivity index (χ4v) is 21.7. The predicted molar refractivity (Wildman–Crippen MR) is 514 cm³/mol. The van der Waals surface area contributed by atoms with Crippen LogP contribution in [-0.2, 0) is 77.0 Å². The Labute approximate surface area is 752 Å². The van der Waals surface area contributed by atoms with Crippen LogP contribution in [0, 0.1) is 35.4 Å². The average Bonchev–Trinajstić information content (AvgIpc) is 1.61. The third-order valence-corrected chi connectivity index (χ3v) is 28.4. The molecule has 0 amide bonds. The van der Waals surface area contributed by atoms with Crippen LogP contribution < -0.4 is 29.4 Å². The summed E-state index contributed by atoms with van der Waals surface area (Å²) in [5.74, 6) is -0.215. The Morgan fingerprint density at radius 2 is 0.598 bits per heavy atom. The van der Waals surface area contributed by atoms with Crippen molar-refractivity contribution in [3.05, 3.63) is 283 Å². The van der Waals surface area contributed by atoms with Crippen LogP contribution in [0.5, 0.6) is 0 Å². The van der Waals surface area contributed by atoms with Gasteiger partial charge in [-0.15, -0.1) is 0 Å². The van der Waals surface area contributed by atoms with Gasteiger partial charge in [0.05, 0.1) is 57.2 Å². The molecule has 14 nitrogen and oxygen atoms in total. The Kier molecular flexibility index (Phi) is 22.8. The summed E-state index contributed by atoms with van der Waals surface area (Å²) in [6.07, 6.45) is 39.1. The van der Waals surface area contributed by atoms with E-state index in [1.165, 1.54) is 141 Å². The van der Waals surface area contributed by atoms with Gasteiger partial charge < -0.3 is 29.4 Å². The minimum Gasteiger partial charge on any atom is -0.335 e. The van der Waals surface area contributed by atoms with Crippen molar-refractivity contribution in [1.29, 1.82) is 10.5 Å². The van der Waals surface area contributed by atoms with E-state index in [1.54, 1.807) is 43.2 Å². The van der Waals surface area contributed by atoms with Gasteiger partial charge in [-0.25, -0.2) is 4.39 Å². The van der Waals surface area contributed by atoms with Crippen molar-refractivity contribution < 1.29 is 4.39 Å². The van der Waals surface area contributed by atoms with Crippen LogP contribution in [0.15, 0.2) is 184 Å². The molecule has 0 N–H and O–H groups in total. The molecule has 12 aliphatic heterocycles. The Balaban J connectivity index is 0.0000000964. The van der Waals surface area contributed by atoms with Crippen LogP contribution in [0.4, 0.5) is 38.5 Å². The van der Waals surface area contributed by atoms with Gasteiger partial charge in [0, 0.05) is 220 Å². The lowest BCUT2D eigenvalue weighted by atomic mass is 9.93. The summed E-state index contributed by atoms with van der Waals surface area (Å²) in [5, 5.41) is 19.7. The second-order valence-corrected chi connectivity index (χ2v) is 36.2. The summed E-state index contributed by atoms with van der Waals surface area (Å²) in [5.41, 5.74) is 39.8. The number of hydrogen-bond donors (Lipinski definition) is 0. The molecule has 12 aliphatic rings. The molecule has 0 spiro atoms. The van der Waals surface area contributed by atoms with E-state index in [2.05, 4.69) is 157 Å². The summed E-state index contributed by atoms with van der Waals surface area (Å²) in [7, 11) is 0. The van der Waals surface area contributed by atoms with E-state index < -0.39 is 0 Å². The molecule has 6 aromatic carbocycles. The molecular weight excluding hydrogens is 1670 g/mol. The Bertz CT molecular complexity index is 6220. The smallest absolute Gasteiger partial charge is 0.134 e.